The highest BCUT2D eigenvalue weighted by Crippen LogP contribution is 2.41. The van der Waals surface area contributed by atoms with Gasteiger partial charge in [-0.2, -0.15) is 0 Å². The van der Waals surface area contributed by atoms with E-state index in [1.165, 1.54) is 0 Å². The number of hydrogen-bond acceptors (Lipinski definition) is 6. The molecule has 1 aromatic heterocycles. The van der Waals surface area contributed by atoms with Crippen molar-refractivity contribution < 1.29 is 28.5 Å². The molecule has 1 fully saturated rings. The monoisotopic (exact) mass is 454 g/mol. The van der Waals surface area contributed by atoms with Crippen molar-refractivity contribution in [1.29, 1.82) is 0 Å². The summed E-state index contributed by atoms with van der Waals surface area (Å²) in [7, 11) is 6.35. The quantitative estimate of drug-likeness (QED) is 0.526. The minimum Gasteiger partial charge on any atom is -0.497 e. The molecule has 2 aromatic carbocycles. The van der Waals surface area contributed by atoms with Gasteiger partial charge in [-0.05, 0) is 36.6 Å². The van der Waals surface area contributed by atoms with Crippen molar-refractivity contribution in [2.45, 2.75) is 25.5 Å². The minimum absolute atomic E-state index is 0.0214. The molecular weight excluding hydrogens is 424 g/mol. The maximum absolute atomic E-state index is 13.7. The molecule has 8 nitrogen and oxygen atoms in total. The Morgan fingerprint density at radius 1 is 1.06 bits per heavy atom. The van der Waals surface area contributed by atoms with E-state index in [2.05, 4.69) is 4.98 Å². The SMILES string of the molecule is COc1cccc(CN(CC2CCCO2)C(=O)c2cc3c(OC)cc(OC)c(OC)c3[nH]2)c1. The zero-order chi connectivity index (χ0) is 23.4. The Morgan fingerprint density at radius 2 is 1.88 bits per heavy atom. The zero-order valence-corrected chi connectivity index (χ0v) is 19.5. The van der Waals surface area contributed by atoms with Crippen molar-refractivity contribution in [2.24, 2.45) is 0 Å². The summed E-state index contributed by atoms with van der Waals surface area (Å²) in [4.78, 5) is 18.8. The Kier molecular flexibility index (Phi) is 6.93. The van der Waals surface area contributed by atoms with Gasteiger partial charge in [0.15, 0.2) is 11.5 Å². The third kappa shape index (κ3) is 4.71. The molecule has 0 spiro atoms. The van der Waals surface area contributed by atoms with Gasteiger partial charge in [0.25, 0.3) is 5.91 Å². The third-order valence-electron chi connectivity index (χ3n) is 5.91. The number of H-pyrrole nitrogens is 1. The fraction of sp³-hybridized carbons (Fsp3) is 0.400. The third-order valence-corrected chi connectivity index (χ3v) is 5.91. The van der Waals surface area contributed by atoms with Crippen molar-refractivity contribution in [3.05, 3.63) is 47.7 Å². The first-order chi connectivity index (χ1) is 16.1. The van der Waals surface area contributed by atoms with Gasteiger partial charge >= 0.3 is 0 Å². The van der Waals surface area contributed by atoms with Gasteiger partial charge in [-0.15, -0.1) is 0 Å². The molecule has 4 rings (SSSR count). The van der Waals surface area contributed by atoms with Gasteiger partial charge in [0.05, 0.1) is 40.1 Å². The summed E-state index contributed by atoms with van der Waals surface area (Å²) in [6.45, 7) is 1.66. The van der Waals surface area contributed by atoms with Crippen molar-refractivity contribution in [3.63, 3.8) is 0 Å². The molecule has 0 aliphatic carbocycles. The van der Waals surface area contributed by atoms with E-state index in [9.17, 15) is 4.79 Å². The molecule has 8 heteroatoms. The molecule has 1 N–H and O–H groups in total. The summed E-state index contributed by atoms with van der Waals surface area (Å²) >= 11 is 0. The number of carbonyl (C=O) groups is 1. The highest BCUT2D eigenvalue weighted by molar-refractivity contribution is 6.02. The molecular formula is C25H30N2O6. The molecule has 0 bridgehead atoms. The Labute approximate surface area is 193 Å². The largest absolute Gasteiger partial charge is 0.497 e. The maximum atomic E-state index is 13.7. The average molecular weight is 455 g/mol. The summed E-state index contributed by atoms with van der Waals surface area (Å²) in [6, 6.07) is 11.3. The van der Waals surface area contributed by atoms with Gasteiger partial charge in [-0.1, -0.05) is 12.1 Å². The number of carbonyl (C=O) groups excluding carboxylic acids is 1. The molecule has 0 radical (unpaired) electrons. The second kappa shape index (κ2) is 10.0. The van der Waals surface area contributed by atoms with Crippen LogP contribution in [0.25, 0.3) is 10.9 Å². The number of aromatic nitrogens is 1. The molecule has 0 saturated carbocycles. The van der Waals surface area contributed by atoms with Crippen molar-refractivity contribution in [2.75, 3.05) is 41.6 Å². The molecule has 1 unspecified atom stereocenters. The van der Waals surface area contributed by atoms with Crippen molar-refractivity contribution in [1.82, 2.24) is 9.88 Å². The van der Waals surface area contributed by atoms with Crippen LogP contribution in [0.5, 0.6) is 23.0 Å². The van der Waals surface area contributed by atoms with Crippen LogP contribution in [-0.2, 0) is 11.3 Å². The van der Waals surface area contributed by atoms with E-state index in [4.69, 9.17) is 23.7 Å². The molecule has 2 heterocycles. The summed E-state index contributed by atoms with van der Waals surface area (Å²) in [5.41, 5.74) is 2.07. The van der Waals surface area contributed by atoms with Crippen LogP contribution in [-0.4, -0.2) is 63.5 Å². The summed E-state index contributed by atoms with van der Waals surface area (Å²) in [5.74, 6) is 2.26. The summed E-state index contributed by atoms with van der Waals surface area (Å²) in [6.07, 6.45) is 1.97. The Hall–Kier alpha value is -3.39. The van der Waals surface area contributed by atoms with E-state index in [0.717, 1.165) is 36.1 Å². The maximum Gasteiger partial charge on any atom is 0.270 e. The number of methoxy groups -OCH3 is 4. The van der Waals surface area contributed by atoms with Crippen LogP contribution in [0.3, 0.4) is 0 Å². The number of aromatic amines is 1. The smallest absolute Gasteiger partial charge is 0.270 e. The minimum atomic E-state index is -0.132. The molecule has 1 aliphatic rings. The van der Waals surface area contributed by atoms with Crippen LogP contribution in [0.15, 0.2) is 36.4 Å². The molecule has 1 saturated heterocycles. The number of hydrogen-bond donors (Lipinski definition) is 1. The lowest BCUT2D eigenvalue weighted by Gasteiger charge is -2.25. The standard InChI is InChI=1S/C25H30N2O6/c1-29-17-8-5-7-16(11-17)14-27(15-18-9-6-10-33-18)25(28)20-12-19-21(30-2)13-22(31-3)24(32-4)23(19)26-20/h5,7-8,11-13,18,26H,6,9-10,14-15H2,1-4H3. The van der Waals surface area contributed by atoms with Gasteiger partial charge < -0.3 is 33.6 Å². The highest BCUT2D eigenvalue weighted by atomic mass is 16.5. The molecule has 33 heavy (non-hydrogen) atoms. The number of amides is 1. The number of benzene rings is 2. The number of fused-ring (bicyclic) bond motifs is 1. The van der Waals surface area contributed by atoms with Crippen LogP contribution in [0, 0.1) is 0 Å². The second-order valence-electron chi connectivity index (χ2n) is 7.96. The number of nitrogens with zero attached hydrogens (tertiary/aromatic N) is 1. The predicted octanol–water partition coefficient (Wildman–Crippen LogP) is 4.02. The average Bonchev–Trinajstić information content (AvgIpc) is 3.52. The van der Waals surface area contributed by atoms with Crippen LogP contribution in [0.4, 0.5) is 0 Å². The van der Waals surface area contributed by atoms with E-state index in [-0.39, 0.29) is 12.0 Å². The first-order valence-corrected chi connectivity index (χ1v) is 10.9. The van der Waals surface area contributed by atoms with E-state index >= 15 is 0 Å². The lowest BCUT2D eigenvalue weighted by atomic mass is 10.1. The van der Waals surface area contributed by atoms with Gasteiger partial charge in [0.2, 0.25) is 0 Å². The van der Waals surface area contributed by atoms with E-state index < -0.39 is 0 Å². The van der Waals surface area contributed by atoms with Crippen LogP contribution >= 0.6 is 0 Å². The van der Waals surface area contributed by atoms with E-state index in [0.29, 0.717) is 41.5 Å². The normalized spacial score (nSPS) is 15.5. The fourth-order valence-corrected chi connectivity index (χ4v) is 4.27. The van der Waals surface area contributed by atoms with Gasteiger partial charge in [0.1, 0.15) is 17.2 Å². The Morgan fingerprint density at radius 3 is 2.55 bits per heavy atom. The summed E-state index contributed by atoms with van der Waals surface area (Å²) in [5, 5.41) is 0.747. The lowest BCUT2D eigenvalue weighted by Crippen LogP contribution is -2.37. The first-order valence-electron chi connectivity index (χ1n) is 10.9. The fourth-order valence-electron chi connectivity index (χ4n) is 4.27. The Bertz CT molecular complexity index is 1120. The predicted molar refractivity (Wildman–Crippen MR) is 125 cm³/mol. The van der Waals surface area contributed by atoms with Crippen LogP contribution in [0.2, 0.25) is 0 Å². The molecule has 1 aliphatic heterocycles. The van der Waals surface area contributed by atoms with Gasteiger partial charge in [-0.25, -0.2) is 0 Å². The van der Waals surface area contributed by atoms with Crippen LogP contribution in [0.1, 0.15) is 28.9 Å². The number of rotatable bonds is 9. The first kappa shape index (κ1) is 22.8. The highest BCUT2D eigenvalue weighted by Gasteiger charge is 2.26. The molecule has 176 valence electrons. The number of nitrogens with one attached hydrogen (secondary N) is 1. The van der Waals surface area contributed by atoms with Crippen molar-refractivity contribution in [3.8, 4) is 23.0 Å². The molecule has 1 atom stereocenters. The summed E-state index contributed by atoms with van der Waals surface area (Å²) < 4.78 is 27.7. The second-order valence-corrected chi connectivity index (χ2v) is 7.96. The molecule has 1 amide bonds. The topological polar surface area (TPSA) is 82.2 Å². The van der Waals surface area contributed by atoms with E-state index in [1.54, 1.807) is 40.6 Å². The lowest BCUT2D eigenvalue weighted by molar-refractivity contribution is 0.0503. The van der Waals surface area contributed by atoms with Gasteiger partial charge in [0, 0.05) is 31.1 Å². The van der Waals surface area contributed by atoms with E-state index in [1.807, 2.05) is 29.2 Å². The number of ether oxygens (including phenoxy) is 5. The van der Waals surface area contributed by atoms with Gasteiger partial charge in [-0.3, -0.25) is 4.79 Å². The Balaban J connectivity index is 1.71. The van der Waals surface area contributed by atoms with Crippen LogP contribution < -0.4 is 18.9 Å². The zero-order valence-electron chi connectivity index (χ0n) is 19.5. The van der Waals surface area contributed by atoms with Crippen molar-refractivity contribution >= 4 is 16.8 Å². The molecule has 3 aromatic rings.